The highest BCUT2D eigenvalue weighted by atomic mass is 16.3. The lowest BCUT2D eigenvalue weighted by molar-refractivity contribution is -0.128. The van der Waals surface area contributed by atoms with Crippen molar-refractivity contribution in [2.24, 2.45) is 10.8 Å². The number of aliphatic hydroxyl groups excluding tert-OH is 2. The molecule has 2 N–H and O–H groups in total. The average molecular weight is 268 g/mol. The van der Waals surface area contributed by atoms with Gasteiger partial charge in [0.05, 0.1) is 12.7 Å². The molecule has 0 aliphatic rings. The number of allylic oxidation sites excluding steroid dienone is 3. The zero-order valence-electron chi connectivity index (χ0n) is 12.8. The molecule has 0 aromatic heterocycles. The molecule has 0 amide bonds. The Balaban J connectivity index is 4.14. The van der Waals surface area contributed by atoms with Gasteiger partial charge in [-0.25, -0.2) is 0 Å². The van der Waals surface area contributed by atoms with Crippen LogP contribution in [0.3, 0.4) is 0 Å². The maximum atomic E-state index is 11.7. The van der Waals surface area contributed by atoms with Crippen LogP contribution in [0.2, 0.25) is 0 Å². The molecule has 0 fully saturated rings. The van der Waals surface area contributed by atoms with E-state index in [1.54, 1.807) is 20.8 Å². The molecule has 19 heavy (non-hydrogen) atoms. The molecule has 0 radical (unpaired) electrons. The van der Waals surface area contributed by atoms with Gasteiger partial charge in [0.25, 0.3) is 0 Å². The third-order valence-corrected chi connectivity index (χ3v) is 3.54. The highest BCUT2D eigenvalue weighted by Crippen LogP contribution is 2.22. The van der Waals surface area contributed by atoms with Gasteiger partial charge >= 0.3 is 0 Å². The summed E-state index contributed by atoms with van der Waals surface area (Å²) in [6.07, 6.45) is 8.38. The zero-order valence-corrected chi connectivity index (χ0v) is 12.8. The van der Waals surface area contributed by atoms with Gasteiger partial charge in [0.2, 0.25) is 0 Å². The molecule has 0 unspecified atom stereocenters. The molecule has 3 nitrogen and oxygen atoms in total. The van der Waals surface area contributed by atoms with Crippen molar-refractivity contribution >= 4 is 5.78 Å². The van der Waals surface area contributed by atoms with E-state index in [0.29, 0.717) is 12.8 Å². The van der Waals surface area contributed by atoms with Crippen LogP contribution in [-0.2, 0) is 4.79 Å². The van der Waals surface area contributed by atoms with Gasteiger partial charge in [-0.15, -0.1) is 0 Å². The van der Waals surface area contributed by atoms with E-state index in [1.165, 1.54) is 0 Å². The van der Waals surface area contributed by atoms with Gasteiger partial charge in [-0.1, -0.05) is 52.0 Å². The molecular formula is C16H28O3. The molecule has 110 valence electrons. The topological polar surface area (TPSA) is 57.5 Å². The molecule has 0 bridgehead atoms. The van der Waals surface area contributed by atoms with Crippen LogP contribution >= 0.6 is 0 Å². The number of carbonyl (C=O) groups is 1. The Morgan fingerprint density at radius 3 is 2.26 bits per heavy atom. The summed E-state index contributed by atoms with van der Waals surface area (Å²) in [7, 11) is 0. The third kappa shape index (κ3) is 6.69. The fourth-order valence-electron chi connectivity index (χ4n) is 1.26. The van der Waals surface area contributed by atoms with E-state index in [0.717, 1.165) is 0 Å². The molecule has 0 aliphatic carbocycles. The summed E-state index contributed by atoms with van der Waals surface area (Å²) in [6, 6.07) is 0. The minimum atomic E-state index is -0.641. The average Bonchev–Trinajstić information content (AvgIpc) is 2.32. The predicted octanol–water partition coefficient (Wildman–Crippen LogP) is 2.87. The summed E-state index contributed by atoms with van der Waals surface area (Å²) in [5.74, 6) is 0.0768. The summed E-state index contributed by atoms with van der Waals surface area (Å²) in [5.41, 5.74) is -0.892. The van der Waals surface area contributed by atoms with Gasteiger partial charge in [0.15, 0.2) is 0 Å². The van der Waals surface area contributed by atoms with E-state index >= 15 is 0 Å². The number of rotatable bonds is 8. The summed E-state index contributed by atoms with van der Waals surface area (Å²) in [5, 5.41) is 18.6. The first-order chi connectivity index (χ1) is 8.63. The van der Waals surface area contributed by atoms with Crippen molar-refractivity contribution in [3.05, 3.63) is 24.3 Å². The number of aliphatic hydroxyl groups is 2. The maximum absolute atomic E-state index is 11.7. The van der Waals surface area contributed by atoms with Gasteiger partial charge in [-0.3, -0.25) is 4.79 Å². The van der Waals surface area contributed by atoms with Crippen LogP contribution in [0.5, 0.6) is 0 Å². The van der Waals surface area contributed by atoms with E-state index in [4.69, 9.17) is 5.11 Å². The molecule has 0 aromatic carbocycles. The standard InChI is InChI=1S/C16H28O3/c1-13(18)15(2,3)11-9-7-6-8-10-14(19)16(4,5)12-17/h6-7,9,11,13,17-18H,8,10,12H2,1-5H3/b7-6+,11-9+/t13-/m0/s1. The number of hydrogen-bond donors (Lipinski definition) is 2. The number of Topliss-reactive ketones (excluding diaryl/α,β-unsaturated/α-hetero) is 1. The molecule has 0 rings (SSSR count). The quantitative estimate of drug-likeness (QED) is 0.665. The summed E-state index contributed by atoms with van der Waals surface area (Å²) in [4.78, 5) is 11.7. The highest BCUT2D eigenvalue weighted by Gasteiger charge is 2.25. The molecule has 0 saturated carbocycles. The lowest BCUT2D eigenvalue weighted by atomic mass is 9.86. The third-order valence-electron chi connectivity index (χ3n) is 3.54. The van der Waals surface area contributed by atoms with E-state index < -0.39 is 11.5 Å². The Morgan fingerprint density at radius 1 is 1.21 bits per heavy atom. The molecule has 1 atom stereocenters. The lowest BCUT2D eigenvalue weighted by Gasteiger charge is -2.23. The Kier molecular flexibility index (Phi) is 7.24. The van der Waals surface area contributed by atoms with Gasteiger partial charge in [0.1, 0.15) is 5.78 Å². The van der Waals surface area contributed by atoms with Crippen LogP contribution in [0, 0.1) is 10.8 Å². The molecule has 3 heteroatoms. The minimum absolute atomic E-state index is 0.0768. The normalized spacial score (nSPS) is 15.3. The van der Waals surface area contributed by atoms with Crippen LogP contribution < -0.4 is 0 Å². The van der Waals surface area contributed by atoms with Gasteiger partial charge in [0, 0.05) is 17.3 Å². The Morgan fingerprint density at radius 2 is 1.79 bits per heavy atom. The molecule has 0 heterocycles. The Labute approximate surface area is 117 Å². The summed E-state index contributed by atoms with van der Waals surface area (Å²) in [6.45, 7) is 9.10. The maximum Gasteiger partial charge on any atom is 0.141 e. The Hall–Kier alpha value is -0.930. The second-order valence-electron chi connectivity index (χ2n) is 6.29. The molecule has 0 spiro atoms. The first-order valence-corrected chi connectivity index (χ1v) is 6.80. The number of carbonyl (C=O) groups excluding carboxylic acids is 1. The van der Waals surface area contributed by atoms with Crippen molar-refractivity contribution in [3.63, 3.8) is 0 Å². The van der Waals surface area contributed by atoms with Crippen LogP contribution in [0.1, 0.15) is 47.5 Å². The van der Waals surface area contributed by atoms with Crippen molar-refractivity contribution in [1.29, 1.82) is 0 Å². The summed E-state index contributed by atoms with van der Waals surface area (Å²) >= 11 is 0. The Bertz CT molecular complexity index is 336. The fraction of sp³-hybridized carbons (Fsp3) is 0.688. The van der Waals surface area contributed by atoms with Crippen molar-refractivity contribution in [1.82, 2.24) is 0 Å². The second kappa shape index (κ2) is 7.61. The van der Waals surface area contributed by atoms with E-state index in [9.17, 15) is 9.90 Å². The fourth-order valence-corrected chi connectivity index (χ4v) is 1.26. The minimum Gasteiger partial charge on any atom is -0.395 e. The van der Waals surface area contributed by atoms with Gasteiger partial charge < -0.3 is 10.2 Å². The second-order valence-corrected chi connectivity index (χ2v) is 6.29. The predicted molar refractivity (Wildman–Crippen MR) is 78.8 cm³/mol. The van der Waals surface area contributed by atoms with E-state index in [1.807, 2.05) is 38.2 Å². The van der Waals surface area contributed by atoms with E-state index in [2.05, 4.69) is 0 Å². The molecule has 0 saturated heterocycles. The van der Waals surface area contributed by atoms with Crippen molar-refractivity contribution < 1.29 is 15.0 Å². The first kappa shape index (κ1) is 18.1. The SMILES string of the molecule is C[C@H](O)C(C)(C)/C=C/C=C/CCC(=O)C(C)(C)CO. The zero-order chi connectivity index (χ0) is 15.1. The van der Waals surface area contributed by atoms with Crippen LogP contribution in [0.4, 0.5) is 0 Å². The molecular weight excluding hydrogens is 240 g/mol. The van der Waals surface area contributed by atoms with Crippen LogP contribution in [0.25, 0.3) is 0 Å². The lowest BCUT2D eigenvalue weighted by Crippen LogP contribution is -2.27. The van der Waals surface area contributed by atoms with E-state index in [-0.39, 0.29) is 17.8 Å². The van der Waals surface area contributed by atoms with Crippen molar-refractivity contribution in [2.75, 3.05) is 6.61 Å². The van der Waals surface area contributed by atoms with Gasteiger partial charge in [-0.2, -0.15) is 0 Å². The highest BCUT2D eigenvalue weighted by molar-refractivity contribution is 5.84. The van der Waals surface area contributed by atoms with Gasteiger partial charge in [-0.05, 0) is 13.3 Å². The van der Waals surface area contributed by atoms with Crippen molar-refractivity contribution in [3.8, 4) is 0 Å². The molecule has 0 aliphatic heterocycles. The first-order valence-electron chi connectivity index (χ1n) is 6.80. The smallest absolute Gasteiger partial charge is 0.141 e. The summed E-state index contributed by atoms with van der Waals surface area (Å²) < 4.78 is 0. The van der Waals surface area contributed by atoms with Crippen molar-refractivity contribution in [2.45, 2.75) is 53.6 Å². The monoisotopic (exact) mass is 268 g/mol. The van der Waals surface area contributed by atoms with Crippen LogP contribution in [0.15, 0.2) is 24.3 Å². The number of ketones is 1. The van der Waals surface area contributed by atoms with Crippen LogP contribution in [-0.4, -0.2) is 28.7 Å². The number of hydrogen-bond acceptors (Lipinski definition) is 3. The molecule has 0 aromatic rings. The largest absolute Gasteiger partial charge is 0.395 e.